The lowest BCUT2D eigenvalue weighted by molar-refractivity contribution is 0.0880. The summed E-state index contributed by atoms with van der Waals surface area (Å²) in [5.41, 5.74) is 1.11. The Labute approximate surface area is 111 Å². The van der Waals surface area contributed by atoms with E-state index in [1.807, 2.05) is 6.07 Å². The van der Waals surface area contributed by atoms with Gasteiger partial charge in [0.15, 0.2) is 0 Å². The van der Waals surface area contributed by atoms with Crippen LogP contribution in [0.15, 0.2) is 24.3 Å². The molecule has 0 radical (unpaired) electrons. The minimum Gasteiger partial charge on any atom is -0.486 e. The third-order valence-electron chi connectivity index (χ3n) is 4.23. The predicted molar refractivity (Wildman–Crippen MR) is 75.9 cm³/mol. The van der Waals surface area contributed by atoms with Crippen LogP contribution in [0.4, 0.5) is 0 Å². The molecule has 0 saturated carbocycles. The van der Waals surface area contributed by atoms with E-state index in [-0.39, 0.29) is 11.6 Å². The summed E-state index contributed by atoms with van der Waals surface area (Å²) in [4.78, 5) is 0. The molecule has 0 aromatic heterocycles. The SMILES string of the molecule is CCC(C)C(C)NC1c2ccccc2OC1(C)C. The molecule has 0 fully saturated rings. The molecule has 3 unspecified atom stereocenters. The van der Waals surface area contributed by atoms with Gasteiger partial charge in [-0.1, -0.05) is 38.5 Å². The zero-order chi connectivity index (χ0) is 13.3. The number of rotatable bonds is 4. The first-order valence-electron chi connectivity index (χ1n) is 6.99. The van der Waals surface area contributed by atoms with E-state index in [0.29, 0.717) is 12.0 Å². The van der Waals surface area contributed by atoms with Crippen LogP contribution in [-0.2, 0) is 0 Å². The third-order valence-corrected chi connectivity index (χ3v) is 4.23. The van der Waals surface area contributed by atoms with Crippen molar-refractivity contribution in [1.29, 1.82) is 0 Å². The van der Waals surface area contributed by atoms with Crippen LogP contribution in [0.2, 0.25) is 0 Å². The van der Waals surface area contributed by atoms with Gasteiger partial charge in [-0.3, -0.25) is 0 Å². The second-order valence-corrected chi connectivity index (χ2v) is 6.02. The largest absolute Gasteiger partial charge is 0.486 e. The highest BCUT2D eigenvalue weighted by Crippen LogP contribution is 2.43. The van der Waals surface area contributed by atoms with Gasteiger partial charge in [-0.15, -0.1) is 0 Å². The first-order chi connectivity index (χ1) is 8.45. The van der Waals surface area contributed by atoms with Crippen molar-refractivity contribution < 1.29 is 4.74 Å². The molecule has 0 amide bonds. The standard InChI is InChI=1S/C16H25NO/c1-6-11(2)12(3)17-15-13-9-7-8-10-14(13)18-16(15,4)5/h7-12,15,17H,6H2,1-5H3. The number of nitrogens with one attached hydrogen (secondary N) is 1. The van der Waals surface area contributed by atoms with E-state index >= 15 is 0 Å². The highest BCUT2D eigenvalue weighted by Gasteiger charge is 2.41. The summed E-state index contributed by atoms with van der Waals surface area (Å²) in [5.74, 6) is 1.70. The molecule has 2 rings (SSSR count). The molecule has 2 nitrogen and oxygen atoms in total. The maximum Gasteiger partial charge on any atom is 0.125 e. The second-order valence-electron chi connectivity index (χ2n) is 6.02. The van der Waals surface area contributed by atoms with Crippen molar-refractivity contribution in [2.45, 2.75) is 58.7 Å². The van der Waals surface area contributed by atoms with Crippen LogP contribution in [0.25, 0.3) is 0 Å². The van der Waals surface area contributed by atoms with Gasteiger partial charge in [-0.25, -0.2) is 0 Å². The Hall–Kier alpha value is -1.02. The summed E-state index contributed by atoms with van der Waals surface area (Å²) in [5, 5.41) is 3.75. The Bertz CT molecular complexity index is 413. The van der Waals surface area contributed by atoms with Crippen LogP contribution >= 0.6 is 0 Å². The van der Waals surface area contributed by atoms with Gasteiger partial charge in [-0.05, 0) is 32.8 Å². The van der Waals surface area contributed by atoms with Crippen molar-refractivity contribution in [1.82, 2.24) is 5.32 Å². The monoisotopic (exact) mass is 247 g/mol. The summed E-state index contributed by atoms with van der Waals surface area (Å²) >= 11 is 0. The molecule has 0 spiro atoms. The van der Waals surface area contributed by atoms with Crippen molar-refractivity contribution in [2.75, 3.05) is 0 Å². The van der Waals surface area contributed by atoms with Gasteiger partial charge in [0, 0.05) is 11.6 Å². The third kappa shape index (κ3) is 2.39. The topological polar surface area (TPSA) is 21.3 Å². The quantitative estimate of drug-likeness (QED) is 0.870. The average molecular weight is 247 g/mol. The Balaban J connectivity index is 2.21. The number of hydrogen-bond donors (Lipinski definition) is 1. The van der Waals surface area contributed by atoms with Gasteiger partial charge in [0.25, 0.3) is 0 Å². The average Bonchev–Trinajstić information content (AvgIpc) is 2.59. The molecule has 1 heterocycles. The number of para-hydroxylation sites is 1. The Morgan fingerprint density at radius 1 is 1.28 bits per heavy atom. The summed E-state index contributed by atoms with van der Waals surface area (Å²) in [6.45, 7) is 11.1. The minimum absolute atomic E-state index is 0.175. The van der Waals surface area contributed by atoms with E-state index in [2.05, 4.69) is 58.1 Å². The van der Waals surface area contributed by atoms with E-state index in [9.17, 15) is 0 Å². The lowest BCUT2D eigenvalue weighted by Gasteiger charge is -2.32. The number of hydrogen-bond acceptors (Lipinski definition) is 2. The van der Waals surface area contributed by atoms with Crippen LogP contribution < -0.4 is 10.1 Å². The molecular weight excluding hydrogens is 222 g/mol. The number of ether oxygens (including phenoxy) is 1. The highest BCUT2D eigenvalue weighted by atomic mass is 16.5. The van der Waals surface area contributed by atoms with Gasteiger partial charge >= 0.3 is 0 Å². The smallest absolute Gasteiger partial charge is 0.125 e. The van der Waals surface area contributed by atoms with Crippen molar-refractivity contribution in [3.63, 3.8) is 0 Å². The van der Waals surface area contributed by atoms with Crippen LogP contribution in [0, 0.1) is 5.92 Å². The van der Waals surface area contributed by atoms with Crippen molar-refractivity contribution in [3.8, 4) is 5.75 Å². The second kappa shape index (κ2) is 4.93. The summed E-state index contributed by atoms with van der Waals surface area (Å²) < 4.78 is 6.06. The zero-order valence-electron chi connectivity index (χ0n) is 12.2. The molecule has 0 saturated heterocycles. The van der Waals surface area contributed by atoms with Crippen LogP contribution in [0.1, 0.15) is 52.6 Å². The molecule has 0 aliphatic carbocycles. The van der Waals surface area contributed by atoms with Gasteiger partial charge < -0.3 is 10.1 Å². The van der Waals surface area contributed by atoms with Gasteiger partial charge in [0.2, 0.25) is 0 Å². The molecular formula is C16H25NO. The van der Waals surface area contributed by atoms with Crippen LogP contribution in [0.3, 0.4) is 0 Å². The molecule has 0 bridgehead atoms. The summed E-state index contributed by atoms with van der Waals surface area (Å²) in [7, 11) is 0. The van der Waals surface area contributed by atoms with Gasteiger partial charge in [0.05, 0.1) is 6.04 Å². The molecule has 2 heteroatoms. The molecule has 100 valence electrons. The zero-order valence-corrected chi connectivity index (χ0v) is 12.2. The molecule has 1 aliphatic heterocycles. The minimum atomic E-state index is -0.175. The molecule has 3 atom stereocenters. The van der Waals surface area contributed by atoms with E-state index in [1.54, 1.807) is 0 Å². The fourth-order valence-electron chi connectivity index (χ4n) is 2.60. The fourth-order valence-corrected chi connectivity index (χ4v) is 2.60. The van der Waals surface area contributed by atoms with E-state index in [1.165, 1.54) is 12.0 Å². The first kappa shape index (κ1) is 13.4. The first-order valence-corrected chi connectivity index (χ1v) is 6.99. The lowest BCUT2D eigenvalue weighted by atomic mass is 9.91. The lowest BCUT2D eigenvalue weighted by Crippen LogP contribution is -2.44. The van der Waals surface area contributed by atoms with E-state index in [4.69, 9.17) is 4.74 Å². The van der Waals surface area contributed by atoms with Crippen LogP contribution in [-0.4, -0.2) is 11.6 Å². The molecule has 1 aliphatic rings. The Kier molecular flexibility index (Phi) is 3.67. The number of benzene rings is 1. The molecule has 18 heavy (non-hydrogen) atoms. The molecule has 1 aromatic carbocycles. The predicted octanol–water partition coefficient (Wildman–Crippen LogP) is 3.92. The van der Waals surface area contributed by atoms with E-state index < -0.39 is 0 Å². The normalized spacial score (nSPS) is 24.2. The Morgan fingerprint density at radius 3 is 2.61 bits per heavy atom. The molecule has 1 N–H and O–H groups in total. The fraction of sp³-hybridized carbons (Fsp3) is 0.625. The maximum absolute atomic E-state index is 6.06. The summed E-state index contributed by atoms with van der Waals surface area (Å²) in [6.07, 6.45) is 1.20. The highest BCUT2D eigenvalue weighted by molar-refractivity contribution is 5.42. The summed E-state index contributed by atoms with van der Waals surface area (Å²) in [6, 6.07) is 9.13. The number of fused-ring (bicyclic) bond motifs is 1. The van der Waals surface area contributed by atoms with Crippen LogP contribution in [0.5, 0.6) is 5.75 Å². The van der Waals surface area contributed by atoms with E-state index in [0.717, 1.165) is 5.75 Å². The van der Waals surface area contributed by atoms with Crippen molar-refractivity contribution >= 4 is 0 Å². The van der Waals surface area contributed by atoms with Gasteiger partial charge in [-0.2, -0.15) is 0 Å². The van der Waals surface area contributed by atoms with Gasteiger partial charge in [0.1, 0.15) is 11.4 Å². The molecule has 1 aromatic rings. The van der Waals surface area contributed by atoms with Crippen molar-refractivity contribution in [3.05, 3.63) is 29.8 Å². The maximum atomic E-state index is 6.06. The Morgan fingerprint density at radius 2 is 1.94 bits per heavy atom. The van der Waals surface area contributed by atoms with Crippen molar-refractivity contribution in [2.24, 2.45) is 5.92 Å².